The van der Waals surface area contributed by atoms with E-state index < -0.39 is 0 Å². The number of fused-ring (bicyclic) bond motifs is 1. The van der Waals surface area contributed by atoms with E-state index >= 15 is 4.39 Å². The lowest BCUT2D eigenvalue weighted by Gasteiger charge is -2.47. The lowest BCUT2D eigenvalue weighted by Crippen LogP contribution is -2.50. The second-order valence-corrected chi connectivity index (χ2v) is 14.3. The molecule has 0 saturated carbocycles. The van der Waals surface area contributed by atoms with Gasteiger partial charge in [0, 0.05) is 50.8 Å². The monoisotopic (exact) mass is 631 g/mol. The van der Waals surface area contributed by atoms with Gasteiger partial charge in [-0.15, -0.1) is 0 Å². The van der Waals surface area contributed by atoms with Gasteiger partial charge in [-0.25, -0.2) is 4.39 Å². The van der Waals surface area contributed by atoms with Crippen LogP contribution in [0.5, 0.6) is 11.5 Å². The van der Waals surface area contributed by atoms with Gasteiger partial charge in [0.15, 0.2) is 6.29 Å². The molecule has 1 aliphatic carbocycles. The van der Waals surface area contributed by atoms with Crippen LogP contribution in [-0.4, -0.2) is 58.5 Å². The number of hydrogen-bond acceptors (Lipinski definition) is 6. The molecule has 2 saturated heterocycles. The van der Waals surface area contributed by atoms with Crippen LogP contribution in [0.3, 0.4) is 0 Å². The third-order valence-electron chi connectivity index (χ3n) is 10.3. The number of rotatable bonds is 8. The number of aryl methyl sites for hydroxylation is 1. The van der Waals surface area contributed by atoms with Crippen molar-refractivity contribution in [3.05, 3.63) is 88.7 Å². The van der Waals surface area contributed by atoms with Gasteiger partial charge in [-0.1, -0.05) is 36.4 Å². The molecular formula is C39H50FNO5. The zero-order chi connectivity index (χ0) is 32.5. The van der Waals surface area contributed by atoms with E-state index in [-0.39, 0.29) is 41.1 Å². The highest BCUT2D eigenvalue weighted by molar-refractivity contribution is 5.59. The minimum atomic E-state index is -0.284. The molecule has 2 fully saturated rings. The SMILES string of the molecule is COc1cc(N2CCC3(CC[C@@H](C(OC)OC)CO3)CC2)c(F)cc1[C@@H]1c2ccc(OC(C)(C)C)cc2CC[C@@H]1c1ccccc1. The molecule has 1 spiro atoms. The molecule has 6 rings (SSSR count). The van der Waals surface area contributed by atoms with Crippen molar-refractivity contribution in [1.82, 2.24) is 0 Å². The zero-order valence-electron chi connectivity index (χ0n) is 28.3. The van der Waals surface area contributed by atoms with Crippen LogP contribution in [0.4, 0.5) is 10.1 Å². The summed E-state index contributed by atoms with van der Waals surface area (Å²) in [6.07, 6.45) is 5.33. The second kappa shape index (κ2) is 13.5. The van der Waals surface area contributed by atoms with Crippen molar-refractivity contribution in [2.75, 3.05) is 45.9 Å². The maximum absolute atomic E-state index is 16.3. The normalized spacial score (nSPS) is 23.0. The molecule has 0 aromatic heterocycles. The lowest BCUT2D eigenvalue weighted by molar-refractivity contribution is -0.195. The summed E-state index contributed by atoms with van der Waals surface area (Å²) in [6, 6.07) is 20.7. The maximum Gasteiger partial charge on any atom is 0.161 e. The Bertz CT molecular complexity index is 1470. The molecule has 3 atom stereocenters. The molecule has 7 heteroatoms. The third-order valence-corrected chi connectivity index (χ3v) is 10.3. The van der Waals surface area contributed by atoms with E-state index in [2.05, 4.69) is 74.2 Å². The highest BCUT2D eigenvalue weighted by atomic mass is 19.1. The quantitative estimate of drug-likeness (QED) is 0.233. The first-order chi connectivity index (χ1) is 22.1. The Labute approximate surface area is 274 Å². The standard InChI is InChI=1S/C39H50FNO5/c1-38(2,3)46-29-13-15-31-27(22-29)12-14-30(26-10-8-7-9-11-26)36(31)32-23-33(40)34(24-35(32)42-4)41-20-18-39(19-21-41)17-16-28(25-45-39)37(43-5)44-6/h7-11,13,15,22-24,28,30,36-37H,12,14,16-21,25H2,1-6H3/t28-,30-,36+/m1/s1. The fourth-order valence-electron chi connectivity index (χ4n) is 8.01. The van der Waals surface area contributed by atoms with Crippen LogP contribution in [0.15, 0.2) is 60.7 Å². The molecule has 2 heterocycles. The van der Waals surface area contributed by atoms with Crippen molar-refractivity contribution in [2.24, 2.45) is 5.92 Å². The fraction of sp³-hybridized carbons (Fsp3) is 0.538. The summed E-state index contributed by atoms with van der Waals surface area (Å²) >= 11 is 0. The van der Waals surface area contributed by atoms with Gasteiger partial charge in [0.05, 0.1) is 25.0 Å². The van der Waals surface area contributed by atoms with Crippen LogP contribution in [0.1, 0.15) is 87.0 Å². The maximum atomic E-state index is 16.3. The summed E-state index contributed by atoms with van der Waals surface area (Å²) in [5.74, 6) is 1.77. The van der Waals surface area contributed by atoms with Gasteiger partial charge in [0.25, 0.3) is 0 Å². The van der Waals surface area contributed by atoms with Crippen molar-refractivity contribution in [3.8, 4) is 11.5 Å². The molecule has 0 unspecified atom stereocenters. The van der Waals surface area contributed by atoms with Gasteiger partial charge in [-0.05, 0) is 100 Å². The Morgan fingerprint density at radius 3 is 2.26 bits per heavy atom. The predicted octanol–water partition coefficient (Wildman–Crippen LogP) is 8.26. The second-order valence-electron chi connectivity index (χ2n) is 14.3. The molecule has 248 valence electrons. The summed E-state index contributed by atoms with van der Waals surface area (Å²) in [5, 5.41) is 0. The highest BCUT2D eigenvalue weighted by Gasteiger charge is 2.42. The van der Waals surface area contributed by atoms with Crippen LogP contribution >= 0.6 is 0 Å². The average Bonchev–Trinajstić information content (AvgIpc) is 3.06. The molecular weight excluding hydrogens is 581 g/mol. The van der Waals surface area contributed by atoms with E-state index in [1.54, 1.807) is 27.4 Å². The number of methoxy groups -OCH3 is 3. The molecule has 2 aliphatic heterocycles. The van der Waals surface area contributed by atoms with Crippen molar-refractivity contribution in [2.45, 2.75) is 88.6 Å². The number of nitrogens with zero attached hydrogens (tertiary/aromatic N) is 1. The van der Waals surface area contributed by atoms with Crippen LogP contribution in [0.2, 0.25) is 0 Å². The first kappa shape index (κ1) is 32.8. The molecule has 0 N–H and O–H groups in total. The number of hydrogen-bond donors (Lipinski definition) is 0. The van der Waals surface area contributed by atoms with E-state index in [4.69, 9.17) is 23.7 Å². The van der Waals surface area contributed by atoms with E-state index in [9.17, 15) is 0 Å². The fourth-order valence-corrected chi connectivity index (χ4v) is 8.01. The molecule has 46 heavy (non-hydrogen) atoms. The van der Waals surface area contributed by atoms with Crippen molar-refractivity contribution >= 4 is 5.69 Å². The molecule has 0 bridgehead atoms. The van der Waals surface area contributed by atoms with Crippen LogP contribution in [-0.2, 0) is 20.6 Å². The lowest BCUT2D eigenvalue weighted by atomic mass is 9.69. The largest absolute Gasteiger partial charge is 0.496 e. The van der Waals surface area contributed by atoms with Gasteiger partial charge in [-0.2, -0.15) is 0 Å². The Balaban J connectivity index is 1.28. The molecule has 0 amide bonds. The molecule has 3 aromatic carbocycles. The Morgan fingerprint density at radius 1 is 0.891 bits per heavy atom. The van der Waals surface area contributed by atoms with Crippen molar-refractivity contribution < 1.29 is 28.1 Å². The van der Waals surface area contributed by atoms with E-state index in [0.29, 0.717) is 12.3 Å². The number of halogens is 1. The minimum Gasteiger partial charge on any atom is -0.496 e. The van der Waals surface area contributed by atoms with E-state index in [1.807, 2.05) is 6.07 Å². The van der Waals surface area contributed by atoms with Crippen molar-refractivity contribution in [1.29, 1.82) is 0 Å². The summed E-state index contributed by atoms with van der Waals surface area (Å²) in [7, 11) is 5.06. The first-order valence-electron chi connectivity index (χ1n) is 16.8. The summed E-state index contributed by atoms with van der Waals surface area (Å²) < 4.78 is 46.1. The number of piperidine rings is 1. The molecule has 6 nitrogen and oxygen atoms in total. The van der Waals surface area contributed by atoms with Crippen molar-refractivity contribution in [3.63, 3.8) is 0 Å². The smallest absolute Gasteiger partial charge is 0.161 e. The van der Waals surface area contributed by atoms with Crippen LogP contribution in [0.25, 0.3) is 0 Å². The van der Waals surface area contributed by atoms with Crippen LogP contribution in [0, 0.1) is 11.7 Å². The van der Waals surface area contributed by atoms with Gasteiger partial charge in [0.1, 0.15) is 22.9 Å². The Hall–Kier alpha value is -3.13. The molecule has 3 aromatic rings. The van der Waals surface area contributed by atoms with Gasteiger partial charge < -0.3 is 28.6 Å². The van der Waals surface area contributed by atoms with E-state index in [1.165, 1.54) is 16.7 Å². The molecule has 0 radical (unpaired) electrons. The number of anilines is 1. The summed E-state index contributed by atoms with van der Waals surface area (Å²) in [4.78, 5) is 2.16. The van der Waals surface area contributed by atoms with Gasteiger partial charge in [-0.3, -0.25) is 0 Å². The van der Waals surface area contributed by atoms with Gasteiger partial charge in [0.2, 0.25) is 0 Å². The first-order valence-corrected chi connectivity index (χ1v) is 16.8. The third kappa shape index (κ3) is 6.78. The number of ether oxygens (including phenoxy) is 5. The van der Waals surface area contributed by atoms with E-state index in [0.717, 1.165) is 68.7 Å². The summed E-state index contributed by atoms with van der Waals surface area (Å²) in [5.41, 5.74) is 4.77. The number of benzene rings is 3. The Morgan fingerprint density at radius 2 is 1.63 bits per heavy atom. The average molecular weight is 632 g/mol. The topological polar surface area (TPSA) is 49.4 Å². The van der Waals surface area contributed by atoms with Crippen LogP contribution < -0.4 is 14.4 Å². The predicted molar refractivity (Wildman–Crippen MR) is 180 cm³/mol. The van der Waals surface area contributed by atoms with Gasteiger partial charge >= 0.3 is 0 Å². The zero-order valence-corrected chi connectivity index (χ0v) is 28.3. The molecule has 3 aliphatic rings. The summed E-state index contributed by atoms with van der Waals surface area (Å²) in [6.45, 7) is 8.29. The minimum absolute atomic E-state index is 0.0513. The Kier molecular flexibility index (Phi) is 9.65. The highest BCUT2D eigenvalue weighted by Crippen LogP contribution is 2.50.